The first-order chi connectivity index (χ1) is 8.39. The van der Waals surface area contributed by atoms with Gasteiger partial charge in [0.05, 0.1) is 12.2 Å². The van der Waals surface area contributed by atoms with Crippen molar-refractivity contribution in [3.05, 3.63) is 23.8 Å². The largest absolute Gasteiger partial charge is 0.399 e. The fourth-order valence-electron chi connectivity index (χ4n) is 1.38. The van der Waals surface area contributed by atoms with Crippen LogP contribution in [0.2, 0.25) is 0 Å². The molecule has 0 fully saturated rings. The lowest BCUT2D eigenvalue weighted by Crippen LogP contribution is -2.37. The number of aliphatic hydroxyl groups excluding tert-OH is 1. The van der Waals surface area contributed by atoms with Crippen LogP contribution in [-0.2, 0) is 0 Å². The Hall–Kier alpha value is -1.79. The minimum atomic E-state index is -1.26. The minimum Gasteiger partial charge on any atom is -0.399 e. The maximum Gasteiger partial charge on any atom is 0.253 e. The van der Waals surface area contributed by atoms with E-state index in [1.165, 1.54) is 14.0 Å². The molecule has 1 rings (SSSR count). The lowest BCUT2D eigenvalue weighted by Gasteiger charge is -2.22. The molecule has 0 aliphatic carbocycles. The van der Waals surface area contributed by atoms with Gasteiger partial charge in [0.25, 0.3) is 5.91 Å². The number of nitrogen functional groups attached to an aromatic ring is 1. The molecular formula is C12H19N3O3. The first kappa shape index (κ1) is 14.3. The number of amides is 1. The molecule has 100 valence electrons. The summed E-state index contributed by atoms with van der Waals surface area (Å²) >= 11 is 0. The lowest BCUT2D eigenvalue weighted by molar-refractivity contribution is 0.0132. The Kier molecular flexibility index (Phi) is 4.52. The van der Waals surface area contributed by atoms with Gasteiger partial charge in [-0.05, 0) is 25.1 Å². The van der Waals surface area contributed by atoms with Crippen molar-refractivity contribution in [1.29, 1.82) is 0 Å². The third-order valence-electron chi connectivity index (χ3n) is 2.52. The average molecular weight is 253 g/mol. The number of anilines is 2. The molecule has 6 nitrogen and oxygen atoms in total. The van der Waals surface area contributed by atoms with Crippen LogP contribution in [0.1, 0.15) is 17.3 Å². The highest BCUT2D eigenvalue weighted by Crippen LogP contribution is 2.20. The van der Waals surface area contributed by atoms with E-state index in [1.54, 1.807) is 18.2 Å². The molecule has 0 aromatic heterocycles. The van der Waals surface area contributed by atoms with Gasteiger partial charge in [0.15, 0.2) is 0 Å². The average Bonchev–Trinajstić information content (AvgIpc) is 2.36. The third kappa shape index (κ3) is 3.61. The van der Waals surface area contributed by atoms with Crippen LogP contribution in [0.4, 0.5) is 11.4 Å². The highest BCUT2D eigenvalue weighted by molar-refractivity contribution is 6.00. The normalized spacial score (nSPS) is 13.8. The molecule has 1 aromatic rings. The molecule has 0 radical (unpaired) electrons. The molecule has 0 aliphatic heterocycles. The summed E-state index contributed by atoms with van der Waals surface area (Å²) in [6.07, 6.45) is 0. The minimum absolute atomic E-state index is 0.108. The molecule has 1 atom stereocenters. The Balaban J connectivity index is 2.93. The molecule has 0 saturated carbocycles. The standard InChI is InChI=1S/C12H19N3O3/c1-12(18,7-16)6-15-10-5-8(13)3-4-9(10)11(17)14-2/h3-5,15-16,18H,6-7,13H2,1-2H3,(H,14,17). The van der Waals surface area contributed by atoms with Gasteiger partial charge in [-0.1, -0.05) is 0 Å². The molecule has 0 spiro atoms. The van der Waals surface area contributed by atoms with Crippen LogP contribution >= 0.6 is 0 Å². The summed E-state index contributed by atoms with van der Waals surface area (Å²) in [5.41, 5.74) is 5.85. The number of benzene rings is 1. The zero-order valence-corrected chi connectivity index (χ0v) is 10.5. The van der Waals surface area contributed by atoms with Crippen molar-refractivity contribution in [2.24, 2.45) is 0 Å². The monoisotopic (exact) mass is 253 g/mol. The van der Waals surface area contributed by atoms with Gasteiger partial charge in [-0.25, -0.2) is 0 Å². The van der Waals surface area contributed by atoms with E-state index >= 15 is 0 Å². The maximum atomic E-state index is 11.6. The molecular weight excluding hydrogens is 234 g/mol. The number of carbonyl (C=O) groups excluding carboxylic acids is 1. The second-order valence-corrected chi connectivity index (χ2v) is 4.39. The summed E-state index contributed by atoms with van der Waals surface area (Å²) in [6.45, 7) is 1.22. The van der Waals surface area contributed by atoms with Crippen molar-refractivity contribution in [2.75, 3.05) is 31.2 Å². The summed E-state index contributed by atoms with van der Waals surface area (Å²) in [7, 11) is 1.53. The van der Waals surface area contributed by atoms with Crippen molar-refractivity contribution in [3.63, 3.8) is 0 Å². The predicted octanol–water partition coefficient (Wildman–Crippen LogP) is -0.216. The Labute approximate surface area is 106 Å². The van der Waals surface area contributed by atoms with Gasteiger partial charge in [-0.3, -0.25) is 4.79 Å². The van der Waals surface area contributed by atoms with E-state index in [9.17, 15) is 9.90 Å². The SMILES string of the molecule is CNC(=O)c1ccc(N)cc1NCC(C)(O)CO. The Morgan fingerprint density at radius 3 is 2.72 bits per heavy atom. The smallest absolute Gasteiger partial charge is 0.253 e. The van der Waals surface area contributed by atoms with Crippen molar-refractivity contribution < 1.29 is 15.0 Å². The van der Waals surface area contributed by atoms with Gasteiger partial charge in [0.2, 0.25) is 0 Å². The van der Waals surface area contributed by atoms with Crippen LogP contribution in [-0.4, -0.2) is 41.9 Å². The second kappa shape index (κ2) is 5.70. The van der Waals surface area contributed by atoms with E-state index in [0.717, 1.165) is 0 Å². The van der Waals surface area contributed by atoms with E-state index in [4.69, 9.17) is 10.8 Å². The predicted molar refractivity (Wildman–Crippen MR) is 70.4 cm³/mol. The molecule has 0 saturated heterocycles. The number of hydrogen-bond acceptors (Lipinski definition) is 5. The van der Waals surface area contributed by atoms with Crippen LogP contribution in [0, 0.1) is 0 Å². The Bertz CT molecular complexity index is 433. The molecule has 6 N–H and O–H groups in total. The van der Waals surface area contributed by atoms with Crippen molar-refractivity contribution >= 4 is 17.3 Å². The fourth-order valence-corrected chi connectivity index (χ4v) is 1.38. The summed E-state index contributed by atoms with van der Waals surface area (Å²) < 4.78 is 0. The van der Waals surface area contributed by atoms with Crippen molar-refractivity contribution in [2.45, 2.75) is 12.5 Å². The van der Waals surface area contributed by atoms with Crippen molar-refractivity contribution in [3.8, 4) is 0 Å². The number of nitrogens with one attached hydrogen (secondary N) is 2. The second-order valence-electron chi connectivity index (χ2n) is 4.39. The highest BCUT2D eigenvalue weighted by Gasteiger charge is 2.20. The molecule has 0 bridgehead atoms. The van der Waals surface area contributed by atoms with Crippen molar-refractivity contribution in [1.82, 2.24) is 5.32 Å². The van der Waals surface area contributed by atoms with Crippen LogP contribution in [0.25, 0.3) is 0 Å². The van der Waals surface area contributed by atoms with E-state index in [2.05, 4.69) is 10.6 Å². The molecule has 6 heteroatoms. The highest BCUT2D eigenvalue weighted by atomic mass is 16.3. The Morgan fingerprint density at radius 2 is 2.17 bits per heavy atom. The van der Waals surface area contributed by atoms with Gasteiger partial charge >= 0.3 is 0 Å². The molecule has 0 aliphatic rings. The third-order valence-corrected chi connectivity index (χ3v) is 2.52. The summed E-state index contributed by atoms with van der Waals surface area (Å²) in [5, 5.41) is 24.1. The van der Waals surface area contributed by atoms with E-state index in [1.807, 2.05) is 0 Å². The summed E-state index contributed by atoms with van der Waals surface area (Å²) in [5.74, 6) is -0.249. The van der Waals surface area contributed by atoms with Crippen LogP contribution in [0.15, 0.2) is 18.2 Å². The molecule has 1 unspecified atom stereocenters. The number of carbonyl (C=O) groups is 1. The van der Waals surface area contributed by atoms with E-state index in [0.29, 0.717) is 16.9 Å². The summed E-state index contributed by atoms with van der Waals surface area (Å²) in [4.78, 5) is 11.6. The first-order valence-electron chi connectivity index (χ1n) is 5.58. The number of aliphatic hydroxyl groups is 2. The lowest BCUT2D eigenvalue weighted by atomic mass is 10.1. The van der Waals surface area contributed by atoms with Gasteiger partial charge in [-0.15, -0.1) is 0 Å². The first-order valence-corrected chi connectivity index (χ1v) is 5.58. The molecule has 1 amide bonds. The summed E-state index contributed by atoms with van der Waals surface area (Å²) in [6, 6.07) is 4.84. The molecule has 0 heterocycles. The molecule has 18 heavy (non-hydrogen) atoms. The van der Waals surface area contributed by atoms with E-state index in [-0.39, 0.29) is 19.1 Å². The van der Waals surface area contributed by atoms with Gasteiger partial charge in [0, 0.05) is 25.0 Å². The molecule has 1 aromatic carbocycles. The number of hydrogen-bond donors (Lipinski definition) is 5. The Morgan fingerprint density at radius 1 is 1.50 bits per heavy atom. The van der Waals surface area contributed by atoms with Crippen LogP contribution in [0.5, 0.6) is 0 Å². The van der Waals surface area contributed by atoms with Gasteiger partial charge < -0.3 is 26.6 Å². The van der Waals surface area contributed by atoms with Crippen LogP contribution in [0.3, 0.4) is 0 Å². The fraction of sp³-hybridized carbons (Fsp3) is 0.417. The van der Waals surface area contributed by atoms with Gasteiger partial charge in [-0.2, -0.15) is 0 Å². The maximum absolute atomic E-state index is 11.6. The quantitative estimate of drug-likeness (QED) is 0.466. The van der Waals surface area contributed by atoms with Crippen LogP contribution < -0.4 is 16.4 Å². The zero-order chi connectivity index (χ0) is 13.8. The zero-order valence-electron chi connectivity index (χ0n) is 10.5. The number of nitrogens with two attached hydrogens (primary N) is 1. The topological polar surface area (TPSA) is 108 Å². The number of rotatable bonds is 5. The van der Waals surface area contributed by atoms with Gasteiger partial charge in [0.1, 0.15) is 5.60 Å². The van der Waals surface area contributed by atoms with E-state index < -0.39 is 5.60 Å².